The minimum atomic E-state index is -0.878. The summed E-state index contributed by atoms with van der Waals surface area (Å²) in [6, 6.07) is -0.639. The Balaban J connectivity index is 2.40. The Morgan fingerprint density at radius 1 is 1.57 bits per heavy atom. The van der Waals surface area contributed by atoms with Crippen LogP contribution < -0.4 is 16.4 Å². The highest BCUT2D eigenvalue weighted by Crippen LogP contribution is 2.08. The van der Waals surface area contributed by atoms with Gasteiger partial charge in [-0.05, 0) is 19.4 Å². The van der Waals surface area contributed by atoms with Gasteiger partial charge in [-0.1, -0.05) is 0 Å². The van der Waals surface area contributed by atoms with E-state index in [0.29, 0.717) is 13.0 Å². The number of carboxylic acid groups (broad SMARTS) is 1. The number of rotatable bonds is 3. The van der Waals surface area contributed by atoms with Crippen molar-refractivity contribution in [1.82, 2.24) is 10.6 Å². The van der Waals surface area contributed by atoms with Crippen molar-refractivity contribution < 1.29 is 14.7 Å². The summed E-state index contributed by atoms with van der Waals surface area (Å²) < 4.78 is 0. The fraction of sp³-hybridized carbons (Fsp3) is 0.750. The van der Waals surface area contributed by atoms with Gasteiger partial charge in [-0.3, -0.25) is 9.59 Å². The molecule has 2 unspecified atom stereocenters. The molecule has 0 radical (unpaired) electrons. The Hall–Kier alpha value is -1.14. The summed E-state index contributed by atoms with van der Waals surface area (Å²) in [6.45, 7) is 0.550. The highest BCUT2D eigenvalue weighted by Gasteiger charge is 2.26. The van der Waals surface area contributed by atoms with Crippen molar-refractivity contribution in [2.24, 2.45) is 5.73 Å². The van der Waals surface area contributed by atoms with Crippen LogP contribution in [0.2, 0.25) is 0 Å². The molecule has 5 N–H and O–H groups in total. The number of aliphatic carboxylic acids is 1. The molecule has 80 valence electrons. The summed E-state index contributed by atoms with van der Waals surface area (Å²) in [5.74, 6) is -1.11. The van der Waals surface area contributed by atoms with Gasteiger partial charge in [-0.15, -0.1) is 0 Å². The largest absolute Gasteiger partial charge is 0.480 e. The first-order valence-corrected chi connectivity index (χ1v) is 4.59. The van der Waals surface area contributed by atoms with Gasteiger partial charge in [0, 0.05) is 6.04 Å². The van der Waals surface area contributed by atoms with Crippen molar-refractivity contribution >= 4 is 11.9 Å². The Bertz CT molecular complexity index is 232. The van der Waals surface area contributed by atoms with Gasteiger partial charge in [-0.2, -0.15) is 0 Å². The third-order valence-electron chi connectivity index (χ3n) is 2.25. The number of nitrogens with two attached hydrogens (primary N) is 1. The molecule has 0 bridgehead atoms. The molecule has 0 saturated carbocycles. The third-order valence-corrected chi connectivity index (χ3v) is 2.25. The van der Waals surface area contributed by atoms with E-state index in [4.69, 9.17) is 10.8 Å². The van der Waals surface area contributed by atoms with E-state index in [9.17, 15) is 9.59 Å². The number of carbonyl (C=O) groups is 2. The summed E-state index contributed by atoms with van der Waals surface area (Å²) in [5.41, 5.74) is 5.14. The highest BCUT2D eigenvalue weighted by molar-refractivity contribution is 5.78. The van der Waals surface area contributed by atoms with Gasteiger partial charge in [-0.25, -0.2) is 0 Å². The number of carbonyl (C=O) groups excluding carboxylic acids is 1. The van der Waals surface area contributed by atoms with Crippen LogP contribution in [0.1, 0.15) is 12.8 Å². The van der Waals surface area contributed by atoms with Gasteiger partial charge in [0.05, 0.1) is 6.54 Å². The number of piperidine rings is 1. The molecule has 1 aliphatic heterocycles. The van der Waals surface area contributed by atoms with Crippen LogP contribution in [0, 0.1) is 0 Å². The molecule has 0 aromatic carbocycles. The average Bonchev–Trinajstić information content (AvgIpc) is 2.18. The third kappa shape index (κ3) is 2.97. The lowest BCUT2D eigenvalue weighted by Gasteiger charge is -2.28. The van der Waals surface area contributed by atoms with E-state index in [1.807, 2.05) is 0 Å². The number of amides is 1. The molecular formula is C8H15N3O3. The Morgan fingerprint density at radius 2 is 2.29 bits per heavy atom. The molecule has 1 fully saturated rings. The molecule has 1 rings (SSSR count). The lowest BCUT2D eigenvalue weighted by molar-refractivity contribution is -0.140. The van der Waals surface area contributed by atoms with Crippen molar-refractivity contribution in [1.29, 1.82) is 0 Å². The summed E-state index contributed by atoms with van der Waals surface area (Å²) in [6.07, 6.45) is 1.16. The molecule has 0 aromatic heterocycles. The van der Waals surface area contributed by atoms with Gasteiger partial charge < -0.3 is 21.5 Å². The van der Waals surface area contributed by atoms with E-state index in [-0.39, 0.29) is 18.5 Å². The van der Waals surface area contributed by atoms with E-state index in [0.717, 1.165) is 6.42 Å². The smallest absolute Gasteiger partial charge is 0.320 e. The van der Waals surface area contributed by atoms with Crippen LogP contribution >= 0.6 is 0 Å². The minimum absolute atomic E-state index is 0.0539. The predicted octanol–water partition coefficient (Wildman–Crippen LogP) is -1.73. The lowest BCUT2D eigenvalue weighted by Crippen LogP contribution is -2.51. The monoisotopic (exact) mass is 201 g/mol. The fourth-order valence-corrected chi connectivity index (χ4v) is 1.52. The van der Waals surface area contributed by atoms with E-state index in [1.54, 1.807) is 0 Å². The first-order valence-electron chi connectivity index (χ1n) is 4.59. The van der Waals surface area contributed by atoms with Gasteiger partial charge in [0.2, 0.25) is 5.91 Å². The van der Waals surface area contributed by atoms with Crippen LogP contribution in [0.4, 0.5) is 0 Å². The summed E-state index contributed by atoms with van der Waals surface area (Å²) >= 11 is 0. The molecule has 14 heavy (non-hydrogen) atoms. The second-order valence-corrected chi connectivity index (χ2v) is 3.34. The maximum absolute atomic E-state index is 11.0. The van der Waals surface area contributed by atoms with Gasteiger partial charge in [0.25, 0.3) is 0 Å². The zero-order valence-corrected chi connectivity index (χ0v) is 7.82. The fourth-order valence-electron chi connectivity index (χ4n) is 1.52. The molecule has 1 amide bonds. The molecule has 6 heteroatoms. The minimum Gasteiger partial charge on any atom is -0.480 e. The molecule has 6 nitrogen and oxygen atoms in total. The van der Waals surface area contributed by atoms with Crippen LogP contribution in [-0.2, 0) is 9.59 Å². The normalized spacial score (nSPS) is 26.9. The van der Waals surface area contributed by atoms with Crippen molar-refractivity contribution in [3.05, 3.63) is 0 Å². The van der Waals surface area contributed by atoms with Crippen molar-refractivity contribution in [2.75, 3.05) is 13.1 Å². The van der Waals surface area contributed by atoms with Crippen LogP contribution in [-0.4, -0.2) is 42.2 Å². The topological polar surface area (TPSA) is 104 Å². The molecule has 0 aliphatic carbocycles. The SMILES string of the molecule is NCC(=O)NC1CCNC(C(=O)O)C1. The lowest BCUT2D eigenvalue weighted by atomic mass is 9.99. The van der Waals surface area contributed by atoms with Crippen molar-refractivity contribution in [3.8, 4) is 0 Å². The zero-order chi connectivity index (χ0) is 10.6. The summed E-state index contributed by atoms with van der Waals surface area (Å²) in [7, 11) is 0. The standard InChI is InChI=1S/C8H15N3O3/c9-4-7(12)11-5-1-2-10-6(3-5)8(13)14/h5-6,10H,1-4,9H2,(H,11,12)(H,13,14). The van der Waals surface area contributed by atoms with Crippen molar-refractivity contribution in [2.45, 2.75) is 24.9 Å². The van der Waals surface area contributed by atoms with E-state index < -0.39 is 12.0 Å². The molecule has 0 spiro atoms. The maximum atomic E-state index is 11.0. The molecule has 0 aromatic rings. The Labute approximate surface area is 81.8 Å². The van der Waals surface area contributed by atoms with Crippen LogP contribution in [0.15, 0.2) is 0 Å². The van der Waals surface area contributed by atoms with Crippen LogP contribution in [0.3, 0.4) is 0 Å². The predicted molar refractivity (Wildman–Crippen MR) is 49.6 cm³/mol. The highest BCUT2D eigenvalue weighted by atomic mass is 16.4. The molecular weight excluding hydrogens is 186 g/mol. The molecule has 1 aliphatic rings. The molecule has 1 saturated heterocycles. The quantitative estimate of drug-likeness (QED) is 0.434. The number of hydrogen-bond acceptors (Lipinski definition) is 4. The van der Waals surface area contributed by atoms with Gasteiger partial charge >= 0.3 is 5.97 Å². The van der Waals surface area contributed by atoms with Crippen molar-refractivity contribution in [3.63, 3.8) is 0 Å². The maximum Gasteiger partial charge on any atom is 0.320 e. The summed E-state index contributed by atoms with van der Waals surface area (Å²) in [4.78, 5) is 21.6. The first-order chi connectivity index (χ1) is 6.63. The second kappa shape index (κ2) is 4.92. The molecule has 2 atom stereocenters. The number of nitrogens with one attached hydrogen (secondary N) is 2. The first kappa shape index (κ1) is 10.9. The average molecular weight is 201 g/mol. The van der Waals surface area contributed by atoms with E-state index in [1.165, 1.54) is 0 Å². The Morgan fingerprint density at radius 3 is 2.86 bits per heavy atom. The van der Waals surface area contributed by atoms with Crippen LogP contribution in [0.5, 0.6) is 0 Å². The summed E-state index contributed by atoms with van der Waals surface area (Å²) in [5, 5.41) is 14.3. The molecule has 1 heterocycles. The van der Waals surface area contributed by atoms with E-state index >= 15 is 0 Å². The van der Waals surface area contributed by atoms with Gasteiger partial charge in [0.15, 0.2) is 0 Å². The number of hydrogen-bond donors (Lipinski definition) is 4. The zero-order valence-electron chi connectivity index (χ0n) is 7.82. The Kier molecular flexibility index (Phi) is 3.84. The van der Waals surface area contributed by atoms with Gasteiger partial charge in [0.1, 0.15) is 6.04 Å². The van der Waals surface area contributed by atoms with E-state index in [2.05, 4.69) is 10.6 Å². The second-order valence-electron chi connectivity index (χ2n) is 3.34. The van der Waals surface area contributed by atoms with Crippen LogP contribution in [0.25, 0.3) is 0 Å². The number of carboxylic acids is 1.